The Morgan fingerprint density at radius 3 is 2.08 bits per heavy atom. The molecule has 0 fully saturated rings. The average molecular weight is 368 g/mol. The third kappa shape index (κ3) is 4.81. The molecule has 7 heteroatoms. The number of halogens is 1. The molecule has 0 radical (unpaired) electrons. The van der Waals surface area contributed by atoms with Gasteiger partial charge in [0.15, 0.2) is 0 Å². The third-order valence-electron chi connectivity index (χ3n) is 3.41. The van der Waals surface area contributed by atoms with Crippen LogP contribution in [0, 0.1) is 10.1 Å². The molecule has 0 bridgehead atoms. The first kappa shape index (κ1) is 17.4. The molecule has 0 aliphatic rings. The van der Waals surface area contributed by atoms with E-state index >= 15 is 0 Å². The molecule has 130 valence electrons. The summed E-state index contributed by atoms with van der Waals surface area (Å²) in [5.41, 5.74) is 4.40. The molecule has 3 aromatic rings. The van der Waals surface area contributed by atoms with Crippen LogP contribution in [0.5, 0.6) is 11.5 Å². The van der Waals surface area contributed by atoms with E-state index in [0.29, 0.717) is 22.2 Å². The van der Waals surface area contributed by atoms with Crippen LogP contribution in [-0.4, -0.2) is 11.1 Å². The monoisotopic (exact) mass is 367 g/mol. The lowest BCUT2D eigenvalue weighted by molar-refractivity contribution is -0.384. The predicted molar refractivity (Wildman–Crippen MR) is 102 cm³/mol. The summed E-state index contributed by atoms with van der Waals surface area (Å²) in [6, 6.07) is 20.6. The topological polar surface area (TPSA) is 76.8 Å². The van der Waals surface area contributed by atoms with Crippen molar-refractivity contribution < 1.29 is 9.66 Å². The van der Waals surface area contributed by atoms with Crippen LogP contribution < -0.4 is 10.2 Å². The van der Waals surface area contributed by atoms with Crippen LogP contribution in [0.1, 0.15) is 5.56 Å². The minimum Gasteiger partial charge on any atom is -0.457 e. The van der Waals surface area contributed by atoms with Crippen molar-refractivity contribution in [1.82, 2.24) is 0 Å². The smallest absolute Gasteiger partial charge is 0.269 e. The second-order valence-electron chi connectivity index (χ2n) is 5.30. The number of hydrazone groups is 1. The van der Waals surface area contributed by atoms with Crippen molar-refractivity contribution >= 4 is 29.2 Å². The number of nitrogens with zero attached hydrogens (tertiary/aromatic N) is 2. The van der Waals surface area contributed by atoms with Crippen molar-refractivity contribution in [3.8, 4) is 11.5 Å². The van der Waals surface area contributed by atoms with E-state index in [2.05, 4.69) is 10.5 Å². The van der Waals surface area contributed by atoms with Crippen molar-refractivity contribution in [2.24, 2.45) is 5.10 Å². The molecule has 0 aromatic heterocycles. The third-order valence-corrected chi connectivity index (χ3v) is 3.67. The molecule has 0 atom stereocenters. The molecule has 0 spiro atoms. The van der Waals surface area contributed by atoms with Gasteiger partial charge in [-0.15, -0.1) is 0 Å². The Hall–Kier alpha value is -3.38. The predicted octanol–water partition coefficient (Wildman–Crippen LogP) is 5.49. The number of rotatable bonds is 6. The Kier molecular flexibility index (Phi) is 5.46. The van der Waals surface area contributed by atoms with Gasteiger partial charge in [0.25, 0.3) is 5.69 Å². The highest BCUT2D eigenvalue weighted by molar-refractivity contribution is 6.30. The average Bonchev–Trinajstić information content (AvgIpc) is 2.65. The van der Waals surface area contributed by atoms with Crippen LogP contribution in [-0.2, 0) is 0 Å². The number of anilines is 1. The van der Waals surface area contributed by atoms with Crippen LogP contribution in [0.25, 0.3) is 0 Å². The van der Waals surface area contributed by atoms with Crippen LogP contribution in [0.4, 0.5) is 11.4 Å². The van der Waals surface area contributed by atoms with E-state index in [1.807, 2.05) is 24.3 Å². The van der Waals surface area contributed by atoms with Gasteiger partial charge >= 0.3 is 0 Å². The van der Waals surface area contributed by atoms with Crippen molar-refractivity contribution in [3.63, 3.8) is 0 Å². The lowest BCUT2D eigenvalue weighted by Gasteiger charge is -2.05. The zero-order valence-electron chi connectivity index (χ0n) is 13.5. The first-order valence-corrected chi connectivity index (χ1v) is 8.05. The number of hydrogen-bond donors (Lipinski definition) is 1. The minimum atomic E-state index is -0.444. The summed E-state index contributed by atoms with van der Waals surface area (Å²) >= 11 is 5.84. The first-order chi connectivity index (χ1) is 12.6. The molecule has 0 aliphatic heterocycles. The SMILES string of the molecule is O=[N+]([O-])c1ccc(NN=Cc2ccc(Oc3ccc(Cl)cc3)cc2)cc1. The Labute approximate surface area is 154 Å². The van der Waals surface area contributed by atoms with E-state index in [0.717, 1.165) is 5.56 Å². The van der Waals surface area contributed by atoms with Crippen molar-refractivity contribution in [2.45, 2.75) is 0 Å². The fourth-order valence-corrected chi connectivity index (χ4v) is 2.23. The van der Waals surface area contributed by atoms with Crippen molar-refractivity contribution in [3.05, 3.63) is 93.5 Å². The number of ether oxygens (including phenoxy) is 1. The van der Waals surface area contributed by atoms with Gasteiger partial charge in [0, 0.05) is 17.2 Å². The Bertz CT molecular complexity index is 908. The number of hydrogen-bond acceptors (Lipinski definition) is 5. The summed E-state index contributed by atoms with van der Waals surface area (Å²) in [4.78, 5) is 10.2. The Balaban J connectivity index is 1.57. The fourth-order valence-electron chi connectivity index (χ4n) is 2.10. The highest BCUT2D eigenvalue weighted by Gasteiger charge is 2.03. The fraction of sp³-hybridized carbons (Fsp3) is 0. The van der Waals surface area contributed by atoms with E-state index in [9.17, 15) is 10.1 Å². The molecule has 26 heavy (non-hydrogen) atoms. The molecule has 0 unspecified atom stereocenters. The quantitative estimate of drug-likeness (QED) is 0.355. The second kappa shape index (κ2) is 8.13. The lowest BCUT2D eigenvalue weighted by atomic mass is 10.2. The number of nitrogens with one attached hydrogen (secondary N) is 1. The van der Waals surface area contributed by atoms with Crippen LogP contribution in [0.15, 0.2) is 77.9 Å². The maximum atomic E-state index is 10.6. The summed E-state index contributed by atoms with van der Waals surface area (Å²) < 4.78 is 5.72. The van der Waals surface area contributed by atoms with Crippen LogP contribution >= 0.6 is 11.6 Å². The summed E-state index contributed by atoms with van der Waals surface area (Å²) in [6.45, 7) is 0. The molecule has 3 aromatic carbocycles. The molecule has 6 nitrogen and oxygen atoms in total. The standard InChI is InChI=1S/C19H14ClN3O3/c20-15-3-11-19(12-4-15)26-18-9-1-14(2-10-18)13-21-22-16-5-7-17(8-6-16)23(24)25/h1-13,22H. The molecule has 0 saturated heterocycles. The molecule has 3 rings (SSSR count). The van der Waals surface area contributed by atoms with Gasteiger partial charge in [-0.3, -0.25) is 15.5 Å². The van der Waals surface area contributed by atoms with Gasteiger partial charge in [-0.1, -0.05) is 11.6 Å². The maximum Gasteiger partial charge on any atom is 0.269 e. The largest absolute Gasteiger partial charge is 0.457 e. The Morgan fingerprint density at radius 2 is 1.50 bits per heavy atom. The molecule has 0 heterocycles. The van der Waals surface area contributed by atoms with Crippen molar-refractivity contribution in [1.29, 1.82) is 0 Å². The van der Waals surface area contributed by atoms with E-state index in [4.69, 9.17) is 16.3 Å². The van der Waals surface area contributed by atoms with Gasteiger partial charge in [-0.2, -0.15) is 5.10 Å². The van der Waals surface area contributed by atoms with E-state index < -0.39 is 4.92 Å². The summed E-state index contributed by atoms with van der Waals surface area (Å²) in [7, 11) is 0. The zero-order chi connectivity index (χ0) is 18.4. The maximum absolute atomic E-state index is 10.6. The van der Waals surface area contributed by atoms with Gasteiger partial charge in [0.05, 0.1) is 16.8 Å². The highest BCUT2D eigenvalue weighted by atomic mass is 35.5. The first-order valence-electron chi connectivity index (χ1n) is 7.67. The number of benzene rings is 3. The van der Waals surface area contributed by atoms with Crippen molar-refractivity contribution in [2.75, 3.05) is 5.43 Å². The Morgan fingerprint density at radius 1 is 0.923 bits per heavy atom. The molecule has 0 amide bonds. The van der Waals surface area contributed by atoms with Gasteiger partial charge in [-0.25, -0.2) is 0 Å². The zero-order valence-corrected chi connectivity index (χ0v) is 14.3. The molecule has 1 N–H and O–H groups in total. The van der Waals surface area contributed by atoms with Gasteiger partial charge in [0.1, 0.15) is 11.5 Å². The summed E-state index contributed by atoms with van der Waals surface area (Å²) in [6.07, 6.45) is 1.65. The lowest BCUT2D eigenvalue weighted by Crippen LogP contribution is -1.92. The molecule has 0 aliphatic carbocycles. The highest BCUT2D eigenvalue weighted by Crippen LogP contribution is 2.23. The molecular formula is C19H14ClN3O3. The molecular weight excluding hydrogens is 354 g/mol. The summed E-state index contributed by atoms with van der Waals surface area (Å²) in [5.74, 6) is 1.41. The van der Waals surface area contributed by atoms with Gasteiger partial charge < -0.3 is 4.74 Å². The van der Waals surface area contributed by atoms with Crippen LogP contribution in [0.3, 0.4) is 0 Å². The number of non-ortho nitro benzene ring substituents is 1. The van der Waals surface area contributed by atoms with Gasteiger partial charge in [-0.05, 0) is 66.2 Å². The molecule has 0 saturated carbocycles. The minimum absolute atomic E-state index is 0.0378. The van der Waals surface area contributed by atoms with Crippen LogP contribution in [0.2, 0.25) is 5.02 Å². The van der Waals surface area contributed by atoms with Gasteiger partial charge in [0.2, 0.25) is 0 Å². The summed E-state index contributed by atoms with van der Waals surface area (Å²) in [5, 5.41) is 15.4. The van der Waals surface area contributed by atoms with E-state index in [1.54, 1.807) is 42.6 Å². The number of nitro groups is 1. The normalized spacial score (nSPS) is 10.7. The number of nitro benzene ring substituents is 1. The van der Waals surface area contributed by atoms with E-state index in [-0.39, 0.29) is 5.69 Å². The van der Waals surface area contributed by atoms with E-state index in [1.165, 1.54) is 12.1 Å². The second-order valence-corrected chi connectivity index (χ2v) is 5.74.